The van der Waals surface area contributed by atoms with Gasteiger partial charge in [-0.2, -0.15) is 0 Å². The molecule has 0 aromatic heterocycles. The van der Waals surface area contributed by atoms with Gasteiger partial charge >= 0.3 is 5.97 Å². The highest BCUT2D eigenvalue weighted by atomic mass is 35.5. The molecule has 0 heterocycles. The Labute approximate surface area is 158 Å². The summed E-state index contributed by atoms with van der Waals surface area (Å²) < 4.78 is 10.7. The van der Waals surface area contributed by atoms with Crippen LogP contribution in [0.2, 0.25) is 5.02 Å². The van der Waals surface area contributed by atoms with Gasteiger partial charge in [-0.1, -0.05) is 30.7 Å². The quantitative estimate of drug-likeness (QED) is 0.717. The average Bonchev–Trinajstić information content (AvgIpc) is 2.61. The second kappa shape index (κ2) is 9.25. The molecule has 0 saturated heterocycles. The molecular weight excluding hydrogens is 354 g/mol. The molecule has 0 saturated carbocycles. The molecule has 1 amide bonds. The maximum Gasteiger partial charge on any atom is 0.338 e. The number of aryl methyl sites for hydroxylation is 1. The summed E-state index contributed by atoms with van der Waals surface area (Å²) in [6.07, 6.45) is -0.157. The third kappa shape index (κ3) is 5.23. The van der Waals surface area contributed by atoms with Gasteiger partial charge in [0.2, 0.25) is 0 Å². The number of carbonyl (C=O) groups excluding carboxylic acids is 2. The summed E-state index contributed by atoms with van der Waals surface area (Å²) in [5.74, 6) is -0.128. The van der Waals surface area contributed by atoms with E-state index in [0.717, 1.165) is 5.56 Å². The standard InChI is InChI=1S/C20H22ClNO4/c1-4-18(26-15-8-6-7-13(3)11-15)19(23)22-17-10-9-14(12-16(17)21)20(24)25-5-2/h6-12,18H,4-5H2,1-3H3,(H,22,23). The number of carbonyl (C=O) groups is 2. The summed E-state index contributed by atoms with van der Waals surface area (Å²) in [5.41, 5.74) is 1.80. The van der Waals surface area contributed by atoms with Gasteiger partial charge in [-0.3, -0.25) is 4.79 Å². The van der Waals surface area contributed by atoms with Crippen molar-refractivity contribution in [3.05, 3.63) is 58.6 Å². The van der Waals surface area contributed by atoms with Crippen LogP contribution in [-0.4, -0.2) is 24.6 Å². The Morgan fingerprint density at radius 1 is 1.15 bits per heavy atom. The van der Waals surface area contributed by atoms with Crippen molar-refractivity contribution in [1.29, 1.82) is 0 Å². The van der Waals surface area contributed by atoms with E-state index in [1.807, 2.05) is 38.1 Å². The predicted molar refractivity (Wildman–Crippen MR) is 102 cm³/mol. The van der Waals surface area contributed by atoms with Crippen molar-refractivity contribution in [2.45, 2.75) is 33.3 Å². The predicted octanol–water partition coefficient (Wildman–Crippen LogP) is 4.62. The third-order valence-electron chi connectivity index (χ3n) is 3.67. The lowest BCUT2D eigenvalue weighted by molar-refractivity contribution is -0.122. The Balaban J connectivity index is 2.08. The topological polar surface area (TPSA) is 64.6 Å². The zero-order valence-corrected chi connectivity index (χ0v) is 15.8. The largest absolute Gasteiger partial charge is 0.481 e. The van der Waals surface area contributed by atoms with Gasteiger partial charge in [-0.25, -0.2) is 4.79 Å². The number of halogens is 1. The van der Waals surface area contributed by atoms with E-state index in [1.54, 1.807) is 19.1 Å². The monoisotopic (exact) mass is 375 g/mol. The molecule has 0 aliphatic rings. The van der Waals surface area contributed by atoms with E-state index >= 15 is 0 Å². The van der Waals surface area contributed by atoms with Gasteiger partial charge in [0.25, 0.3) is 5.91 Å². The Kier molecular flexibility index (Phi) is 7.04. The van der Waals surface area contributed by atoms with Gasteiger partial charge in [0, 0.05) is 0 Å². The van der Waals surface area contributed by atoms with Crippen molar-refractivity contribution in [2.75, 3.05) is 11.9 Å². The molecule has 0 fully saturated rings. The maximum absolute atomic E-state index is 12.5. The van der Waals surface area contributed by atoms with E-state index in [2.05, 4.69) is 5.32 Å². The van der Waals surface area contributed by atoms with Gasteiger partial charge < -0.3 is 14.8 Å². The molecule has 6 heteroatoms. The highest BCUT2D eigenvalue weighted by Gasteiger charge is 2.20. The molecule has 0 radical (unpaired) electrons. The smallest absolute Gasteiger partial charge is 0.338 e. The molecular formula is C20H22ClNO4. The van der Waals surface area contributed by atoms with E-state index in [-0.39, 0.29) is 17.5 Å². The number of nitrogens with one attached hydrogen (secondary N) is 1. The lowest BCUT2D eigenvalue weighted by atomic mass is 10.2. The molecule has 26 heavy (non-hydrogen) atoms. The zero-order chi connectivity index (χ0) is 19.1. The van der Waals surface area contributed by atoms with Crippen LogP contribution in [0.25, 0.3) is 0 Å². The molecule has 2 rings (SSSR count). The summed E-state index contributed by atoms with van der Waals surface area (Å²) in [7, 11) is 0. The summed E-state index contributed by atoms with van der Waals surface area (Å²) in [6, 6.07) is 12.1. The number of ether oxygens (including phenoxy) is 2. The van der Waals surface area contributed by atoms with Crippen LogP contribution in [0.1, 0.15) is 36.2 Å². The summed E-state index contributed by atoms with van der Waals surface area (Å²) in [4.78, 5) is 24.2. The first kappa shape index (κ1) is 19.8. The minimum atomic E-state index is -0.655. The first-order valence-electron chi connectivity index (χ1n) is 8.45. The van der Waals surface area contributed by atoms with Crippen LogP contribution in [0.3, 0.4) is 0 Å². The number of rotatable bonds is 7. The van der Waals surface area contributed by atoms with Crippen LogP contribution >= 0.6 is 11.6 Å². The van der Waals surface area contributed by atoms with E-state index in [4.69, 9.17) is 21.1 Å². The highest BCUT2D eigenvalue weighted by molar-refractivity contribution is 6.34. The molecule has 5 nitrogen and oxygen atoms in total. The highest BCUT2D eigenvalue weighted by Crippen LogP contribution is 2.24. The zero-order valence-electron chi connectivity index (χ0n) is 15.0. The first-order valence-corrected chi connectivity index (χ1v) is 8.83. The first-order chi connectivity index (χ1) is 12.4. The average molecular weight is 376 g/mol. The van der Waals surface area contributed by atoms with Gasteiger partial charge in [0.15, 0.2) is 6.10 Å². The van der Waals surface area contributed by atoms with Crippen molar-refractivity contribution in [3.8, 4) is 5.75 Å². The van der Waals surface area contributed by atoms with Crippen molar-refractivity contribution < 1.29 is 19.1 Å². The minimum Gasteiger partial charge on any atom is -0.481 e. The van der Waals surface area contributed by atoms with Gasteiger partial charge in [0.1, 0.15) is 5.75 Å². The summed E-state index contributed by atoms with van der Waals surface area (Å²) in [6.45, 7) is 5.83. The van der Waals surface area contributed by atoms with Crippen molar-refractivity contribution in [1.82, 2.24) is 0 Å². The number of hydrogen-bond donors (Lipinski definition) is 1. The molecule has 0 aliphatic heterocycles. The van der Waals surface area contributed by atoms with Crippen LogP contribution in [-0.2, 0) is 9.53 Å². The third-order valence-corrected chi connectivity index (χ3v) is 3.98. The Bertz CT molecular complexity index is 791. The van der Waals surface area contributed by atoms with Crippen LogP contribution in [0.4, 0.5) is 5.69 Å². The molecule has 1 unspecified atom stereocenters. The number of anilines is 1. The molecule has 2 aromatic carbocycles. The number of amides is 1. The van der Waals surface area contributed by atoms with Crippen molar-refractivity contribution in [3.63, 3.8) is 0 Å². The minimum absolute atomic E-state index is 0.259. The van der Waals surface area contributed by atoms with E-state index < -0.39 is 12.1 Å². The van der Waals surface area contributed by atoms with Crippen LogP contribution < -0.4 is 10.1 Å². The molecule has 138 valence electrons. The van der Waals surface area contributed by atoms with E-state index in [1.165, 1.54) is 6.07 Å². The Morgan fingerprint density at radius 3 is 2.54 bits per heavy atom. The molecule has 2 aromatic rings. The Morgan fingerprint density at radius 2 is 1.92 bits per heavy atom. The fraction of sp³-hybridized carbons (Fsp3) is 0.300. The molecule has 0 spiro atoms. The fourth-order valence-electron chi connectivity index (χ4n) is 2.35. The maximum atomic E-state index is 12.5. The molecule has 1 N–H and O–H groups in total. The lowest BCUT2D eigenvalue weighted by Gasteiger charge is -2.18. The van der Waals surface area contributed by atoms with Gasteiger partial charge in [0.05, 0.1) is 22.9 Å². The molecule has 0 bridgehead atoms. The molecule has 0 aliphatic carbocycles. The lowest BCUT2D eigenvalue weighted by Crippen LogP contribution is -2.32. The van der Waals surface area contributed by atoms with Crippen LogP contribution in [0.5, 0.6) is 5.75 Å². The SMILES string of the molecule is CCOC(=O)c1ccc(NC(=O)C(CC)Oc2cccc(C)c2)c(Cl)c1. The van der Waals surface area contributed by atoms with Gasteiger partial charge in [-0.15, -0.1) is 0 Å². The molecule has 1 atom stereocenters. The number of benzene rings is 2. The summed E-state index contributed by atoms with van der Waals surface area (Å²) >= 11 is 6.18. The van der Waals surface area contributed by atoms with Crippen LogP contribution in [0.15, 0.2) is 42.5 Å². The van der Waals surface area contributed by atoms with Gasteiger partial charge in [-0.05, 0) is 56.2 Å². The normalized spacial score (nSPS) is 11.5. The Hall–Kier alpha value is -2.53. The van der Waals surface area contributed by atoms with Crippen molar-refractivity contribution in [2.24, 2.45) is 0 Å². The van der Waals surface area contributed by atoms with Crippen LogP contribution in [0, 0.1) is 6.92 Å². The van der Waals surface area contributed by atoms with E-state index in [9.17, 15) is 9.59 Å². The van der Waals surface area contributed by atoms with E-state index in [0.29, 0.717) is 23.4 Å². The number of hydrogen-bond acceptors (Lipinski definition) is 4. The fourth-order valence-corrected chi connectivity index (χ4v) is 2.57. The second-order valence-corrected chi connectivity index (χ2v) is 6.14. The summed E-state index contributed by atoms with van der Waals surface area (Å²) in [5, 5.41) is 3.00. The van der Waals surface area contributed by atoms with Crippen molar-refractivity contribution >= 4 is 29.2 Å². The second-order valence-electron chi connectivity index (χ2n) is 5.74. The number of esters is 1.